The Hall–Kier alpha value is -2.37. The van der Waals surface area contributed by atoms with Crippen LogP contribution in [0.25, 0.3) is 0 Å². The van der Waals surface area contributed by atoms with E-state index < -0.39 is 5.41 Å². The van der Waals surface area contributed by atoms with Crippen LogP contribution in [0, 0.1) is 19.3 Å². The van der Waals surface area contributed by atoms with E-state index in [1.165, 1.54) is 6.92 Å². The van der Waals surface area contributed by atoms with Crippen LogP contribution in [0.2, 0.25) is 0 Å². The highest BCUT2D eigenvalue weighted by atomic mass is 16.2. The van der Waals surface area contributed by atoms with E-state index in [0.717, 1.165) is 16.8 Å². The van der Waals surface area contributed by atoms with Gasteiger partial charge in [-0.15, -0.1) is 0 Å². The molecule has 1 aromatic rings. The molecule has 3 amide bonds. The van der Waals surface area contributed by atoms with E-state index in [1.807, 2.05) is 32.0 Å². The molecule has 0 spiro atoms. The van der Waals surface area contributed by atoms with Crippen LogP contribution in [0.5, 0.6) is 0 Å². The second-order valence-electron chi connectivity index (χ2n) is 7.14. The Bertz CT molecular complexity index is 669. The molecule has 1 heterocycles. The van der Waals surface area contributed by atoms with Gasteiger partial charge in [0.25, 0.3) is 0 Å². The van der Waals surface area contributed by atoms with Crippen LogP contribution in [0.3, 0.4) is 0 Å². The van der Waals surface area contributed by atoms with Crippen LogP contribution in [0.4, 0.5) is 5.69 Å². The Morgan fingerprint density at radius 3 is 1.92 bits per heavy atom. The number of carbonyl (C=O) groups is 3. The van der Waals surface area contributed by atoms with Crippen molar-refractivity contribution in [2.24, 2.45) is 5.41 Å². The predicted octanol–water partition coefficient (Wildman–Crippen LogP) is 1.96. The summed E-state index contributed by atoms with van der Waals surface area (Å²) in [5, 5.41) is 2.91. The first-order valence-corrected chi connectivity index (χ1v) is 8.57. The largest absolute Gasteiger partial charge is 0.339 e. The highest BCUT2D eigenvalue weighted by Crippen LogP contribution is 2.26. The Morgan fingerprint density at radius 2 is 1.44 bits per heavy atom. The van der Waals surface area contributed by atoms with E-state index in [9.17, 15) is 14.4 Å². The van der Waals surface area contributed by atoms with Gasteiger partial charge < -0.3 is 15.1 Å². The van der Waals surface area contributed by atoms with Gasteiger partial charge in [-0.3, -0.25) is 14.4 Å². The lowest BCUT2D eigenvalue weighted by Gasteiger charge is -2.37. The summed E-state index contributed by atoms with van der Waals surface area (Å²) in [7, 11) is 0. The van der Waals surface area contributed by atoms with Gasteiger partial charge >= 0.3 is 0 Å². The summed E-state index contributed by atoms with van der Waals surface area (Å²) in [6.07, 6.45) is 0. The average molecular weight is 345 g/mol. The number of amides is 3. The van der Waals surface area contributed by atoms with Gasteiger partial charge in [-0.05, 0) is 38.8 Å². The van der Waals surface area contributed by atoms with E-state index in [0.29, 0.717) is 26.2 Å². The third-order valence-corrected chi connectivity index (χ3v) is 4.83. The fourth-order valence-corrected chi connectivity index (χ4v) is 3.00. The molecule has 1 saturated heterocycles. The Kier molecular flexibility index (Phi) is 5.50. The van der Waals surface area contributed by atoms with Crippen LogP contribution in [-0.4, -0.2) is 53.7 Å². The maximum absolute atomic E-state index is 12.9. The molecule has 6 heteroatoms. The molecule has 1 fully saturated rings. The van der Waals surface area contributed by atoms with Crippen LogP contribution in [-0.2, 0) is 14.4 Å². The Balaban J connectivity index is 2.08. The molecular weight excluding hydrogens is 318 g/mol. The smallest absolute Gasteiger partial charge is 0.239 e. The molecule has 0 atom stereocenters. The van der Waals surface area contributed by atoms with Crippen molar-refractivity contribution >= 4 is 23.4 Å². The lowest BCUT2D eigenvalue weighted by atomic mass is 9.89. The summed E-state index contributed by atoms with van der Waals surface area (Å²) >= 11 is 0. The second kappa shape index (κ2) is 7.25. The molecule has 1 N–H and O–H groups in total. The van der Waals surface area contributed by atoms with Crippen molar-refractivity contribution in [3.8, 4) is 0 Å². The molecule has 1 aromatic carbocycles. The first-order valence-electron chi connectivity index (χ1n) is 8.57. The summed E-state index contributed by atoms with van der Waals surface area (Å²) in [6, 6.07) is 5.79. The average Bonchev–Trinajstić information content (AvgIpc) is 2.57. The molecule has 1 aliphatic heterocycles. The molecule has 25 heavy (non-hydrogen) atoms. The number of rotatable bonds is 3. The van der Waals surface area contributed by atoms with E-state index in [1.54, 1.807) is 23.6 Å². The Labute approximate surface area is 149 Å². The van der Waals surface area contributed by atoms with Gasteiger partial charge in [0, 0.05) is 38.8 Å². The molecule has 0 unspecified atom stereocenters. The van der Waals surface area contributed by atoms with E-state index in [4.69, 9.17) is 0 Å². The summed E-state index contributed by atoms with van der Waals surface area (Å²) in [6.45, 7) is 10.6. The SMILES string of the molecule is CC(=O)N1CCN(C(=O)C(C)(C)C(=O)Nc2c(C)cccc2C)CC1. The Morgan fingerprint density at radius 1 is 0.960 bits per heavy atom. The molecule has 0 radical (unpaired) electrons. The summed E-state index contributed by atoms with van der Waals surface area (Å²) < 4.78 is 0. The zero-order valence-corrected chi connectivity index (χ0v) is 15.7. The molecule has 2 rings (SSSR count). The zero-order valence-electron chi connectivity index (χ0n) is 15.7. The molecule has 6 nitrogen and oxygen atoms in total. The fourth-order valence-electron chi connectivity index (χ4n) is 3.00. The van der Waals surface area contributed by atoms with Gasteiger partial charge in [0.2, 0.25) is 17.7 Å². The number of hydrogen-bond donors (Lipinski definition) is 1. The van der Waals surface area contributed by atoms with Crippen LogP contribution in [0.15, 0.2) is 18.2 Å². The minimum Gasteiger partial charge on any atom is -0.339 e. The van der Waals surface area contributed by atoms with Crippen molar-refractivity contribution in [2.45, 2.75) is 34.6 Å². The standard InChI is InChI=1S/C19H27N3O3/c1-13-7-6-8-14(2)16(13)20-17(24)19(4,5)18(25)22-11-9-21(10-12-22)15(3)23/h6-8H,9-12H2,1-5H3,(H,20,24). The third-order valence-electron chi connectivity index (χ3n) is 4.83. The third kappa shape index (κ3) is 4.00. The number of para-hydroxylation sites is 1. The van der Waals surface area contributed by atoms with Gasteiger partial charge in [0.05, 0.1) is 0 Å². The molecular formula is C19H27N3O3. The number of aryl methyl sites for hydroxylation is 2. The van der Waals surface area contributed by atoms with Crippen molar-refractivity contribution in [2.75, 3.05) is 31.5 Å². The van der Waals surface area contributed by atoms with Gasteiger partial charge in [-0.2, -0.15) is 0 Å². The van der Waals surface area contributed by atoms with Crippen molar-refractivity contribution in [3.63, 3.8) is 0 Å². The highest BCUT2D eigenvalue weighted by molar-refractivity contribution is 6.10. The normalized spacial score (nSPS) is 15.1. The minimum absolute atomic E-state index is 0.0131. The lowest BCUT2D eigenvalue weighted by Crippen LogP contribution is -2.55. The minimum atomic E-state index is -1.17. The maximum Gasteiger partial charge on any atom is 0.239 e. The molecule has 0 aliphatic carbocycles. The van der Waals surface area contributed by atoms with Gasteiger partial charge in [0.15, 0.2) is 0 Å². The molecule has 0 saturated carbocycles. The summed E-state index contributed by atoms with van der Waals surface area (Å²) in [5.41, 5.74) is 1.51. The van der Waals surface area contributed by atoms with Gasteiger partial charge in [0.1, 0.15) is 5.41 Å². The van der Waals surface area contributed by atoms with Crippen LogP contribution >= 0.6 is 0 Å². The van der Waals surface area contributed by atoms with E-state index in [2.05, 4.69) is 5.32 Å². The second-order valence-corrected chi connectivity index (χ2v) is 7.14. The number of benzene rings is 1. The van der Waals surface area contributed by atoms with Crippen LogP contribution in [0.1, 0.15) is 31.9 Å². The topological polar surface area (TPSA) is 69.7 Å². The molecule has 0 aromatic heterocycles. The fraction of sp³-hybridized carbons (Fsp3) is 0.526. The number of nitrogens with one attached hydrogen (secondary N) is 1. The van der Waals surface area contributed by atoms with Crippen LogP contribution < -0.4 is 5.32 Å². The molecule has 0 bridgehead atoms. The maximum atomic E-state index is 12.9. The number of anilines is 1. The van der Waals surface area contributed by atoms with Crippen molar-refractivity contribution in [3.05, 3.63) is 29.3 Å². The molecule has 1 aliphatic rings. The number of carbonyl (C=O) groups excluding carboxylic acids is 3. The quantitative estimate of drug-likeness (QED) is 0.852. The van der Waals surface area contributed by atoms with Gasteiger partial charge in [-0.25, -0.2) is 0 Å². The lowest BCUT2D eigenvalue weighted by molar-refractivity contribution is -0.149. The first-order chi connectivity index (χ1) is 11.6. The van der Waals surface area contributed by atoms with Crippen molar-refractivity contribution in [1.82, 2.24) is 9.80 Å². The highest BCUT2D eigenvalue weighted by Gasteiger charge is 2.40. The zero-order chi connectivity index (χ0) is 18.8. The van der Waals surface area contributed by atoms with E-state index >= 15 is 0 Å². The predicted molar refractivity (Wildman–Crippen MR) is 97.2 cm³/mol. The monoisotopic (exact) mass is 345 g/mol. The number of hydrogen-bond acceptors (Lipinski definition) is 3. The summed E-state index contributed by atoms with van der Waals surface area (Å²) in [4.78, 5) is 40.4. The van der Waals surface area contributed by atoms with E-state index in [-0.39, 0.29) is 17.7 Å². The number of piperazine rings is 1. The summed E-state index contributed by atoms with van der Waals surface area (Å²) in [5.74, 6) is -0.512. The van der Waals surface area contributed by atoms with Crippen molar-refractivity contribution in [1.29, 1.82) is 0 Å². The molecule has 136 valence electrons. The first kappa shape index (κ1) is 19.0. The van der Waals surface area contributed by atoms with Crippen molar-refractivity contribution < 1.29 is 14.4 Å². The van der Waals surface area contributed by atoms with Gasteiger partial charge in [-0.1, -0.05) is 18.2 Å². The number of nitrogens with zero attached hydrogens (tertiary/aromatic N) is 2.